The van der Waals surface area contributed by atoms with Crippen LogP contribution in [-0.2, 0) is 6.42 Å². The molecule has 1 aliphatic rings. The molecule has 2 aromatic carbocycles. The van der Waals surface area contributed by atoms with Crippen molar-refractivity contribution in [2.24, 2.45) is 5.92 Å². The normalized spacial score (nSPS) is 22.1. The first kappa shape index (κ1) is 11.3. The predicted molar refractivity (Wildman–Crippen MR) is 76.9 cm³/mol. The molecule has 0 saturated carbocycles. The van der Waals surface area contributed by atoms with E-state index in [1.54, 1.807) is 0 Å². The van der Waals surface area contributed by atoms with E-state index in [-0.39, 0.29) is 0 Å². The lowest BCUT2D eigenvalue weighted by atomic mass is 9.84. The molecule has 2 aromatic rings. The lowest BCUT2D eigenvalue weighted by molar-refractivity contribution is 0.479. The van der Waals surface area contributed by atoms with E-state index in [0.29, 0.717) is 12.0 Å². The number of benzene rings is 2. The third-order valence-electron chi connectivity index (χ3n) is 3.85. The van der Waals surface area contributed by atoms with E-state index in [9.17, 15) is 0 Å². The van der Waals surface area contributed by atoms with Gasteiger partial charge in [-0.1, -0.05) is 49.4 Å². The molecule has 1 heteroatoms. The van der Waals surface area contributed by atoms with E-state index in [1.165, 1.54) is 22.4 Å². The van der Waals surface area contributed by atoms with E-state index in [4.69, 9.17) is 0 Å². The molecule has 0 saturated heterocycles. The van der Waals surface area contributed by atoms with Gasteiger partial charge in [0.05, 0.1) is 6.04 Å². The van der Waals surface area contributed by atoms with Gasteiger partial charge in [-0.05, 0) is 42.0 Å². The van der Waals surface area contributed by atoms with Gasteiger partial charge in [-0.25, -0.2) is 0 Å². The first-order chi connectivity index (χ1) is 8.74. The molecule has 0 aliphatic carbocycles. The number of hydrogen-bond acceptors (Lipinski definition) is 1. The Labute approximate surface area is 109 Å². The van der Waals surface area contributed by atoms with Crippen molar-refractivity contribution in [3.8, 4) is 0 Å². The molecule has 3 rings (SSSR count). The molecular formula is C17H19N. The minimum absolute atomic E-state index is 0.431. The third kappa shape index (κ3) is 2.01. The Morgan fingerprint density at radius 2 is 1.83 bits per heavy atom. The summed E-state index contributed by atoms with van der Waals surface area (Å²) in [6, 6.07) is 17.9. The number of anilines is 1. The molecule has 92 valence electrons. The zero-order valence-electron chi connectivity index (χ0n) is 11.0. The number of fused-ring (bicyclic) bond motifs is 1. The fourth-order valence-corrected chi connectivity index (χ4v) is 2.85. The van der Waals surface area contributed by atoms with Crippen molar-refractivity contribution in [1.82, 2.24) is 0 Å². The number of nitrogens with one attached hydrogen (secondary N) is 1. The maximum atomic E-state index is 3.70. The van der Waals surface area contributed by atoms with Gasteiger partial charge in [0.1, 0.15) is 0 Å². The Morgan fingerprint density at radius 3 is 2.61 bits per heavy atom. The van der Waals surface area contributed by atoms with Gasteiger partial charge >= 0.3 is 0 Å². The molecule has 0 bridgehead atoms. The molecule has 0 spiro atoms. The van der Waals surface area contributed by atoms with Crippen molar-refractivity contribution >= 4 is 5.69 Å². The predicted octanol–water partition coefficient (Wildman–Crippen LogP) is 4.34. The highest BCUT2D eigenvalue weighted by Crippen LogP contribution is 2.36. The van der Waals surface area contributed by atoms with Gasteiger partial charge in [-0.3, -0.25) is 0 Å². The minimum Gasteiger partial charge on any atom is -0.378 e. The fraction of sp³-hybridized carbons (Fsp3) is 0.294. The van der Waals surface area contributed by atoms with E-state index in [0.717, 1.165) is 6.42 Å². The highest BCUT2D eigenvalue weighted by Gasteiger charge is 2.25. The number of aryl methyl sites for hydroxylation is 1. The summed E-state index contributed by atoms with van der Waals surface area (Å²) in [6.07, 6.45) is 1.15. The molecule has 1 nitrogen and oxygen atoms in total. The van der Waals surface area contributed by atoms with Crippen LogP contribution in [0.5, 0.6) is 0 Å². The summed E-state index contributed by atoms with van der Waals surface area (Å²) in [5.41, 5.74) is 5.46. The van der Waals surface area contributed by atoms with Crippen LogP contribution in [0.2, 0.25) is 0 Å². The van der Waals surface area contributed by atoms with Gasteiger partial charge in [-0.2, -0.15) is 0 Å². The van der Waals surface area contributed by atoms with Crippen molar-refractivity contribution in [3.63, 3.8) is 0 Å². The minimum atomic E-state index is 0.431. The monoisotopic (exact) mass is 237 g/mol. The maximum absolute atomic E-state index is 3.70. The van der Waals surface area contributed by atoms with Gasteiger partial charge in [0.25, 0.3) is 0 Å². The highest BCUT2D eigenvalue weighted by molar-refractivity contribution is 5.57. The second kappa shape index (κ2) is 4.49. The fourth-order valence-electron chi connectivity index (χ4n) is 2.85. The smallest absolute Gasteiger partial charge is 0.0542 e. The molecule has 0 radical (unpaired) electrons. The largest absolute Gasteiger partial charge is 0.378 e. The van der Waals surface area contributed by atoms with Gasteiger partial charge in [0, 0.05) is 5.69 Å². The maximum Gasteiger partial charge on any atom is 0.0542 e. The van der Waals surface area contributed by atoms with Crippen molar-refractivity contribution in [2.45, 2.75) is 26.3 Å². The molecule has 0 amide bonds. The summed E-state index contributed by atoms with van der Waals surface area (Å²) >= 11 is 0. The van der Waals surface area contributed by atoms with E-state index in [1.807, 2.05) is 0 Å². The highest BCUT2D eigenvalue weighted by atomic mass is 14.9. The third-order valence-corrected chi connectivity index (χ3v) is 3.85. The van der Waals surface area contributed by atoms with Crippen LogP contribution >= 0.6 is 0 Å². The Kier molecular flexibility index (Phi) is 2.83. The SMILES string of the molecule is Cc1ccc2c(c1)NC(c1ccccc1)C(C)C2. The topological polar surface area (TPSA) is 12.0 Å². The molecule has 0 fully saturated rings. The Bertz CT molecular complexity index is 545. The standard InChI is InChI=1S/C17H19N/c1-12-8-9-15-11-13(2)17(18-16(15)10-12)14-6-4-3-5-7-14/h3-10,13,17-18H,11H2,1-2H3. The average molecular weight is 237 g/mol. The molecule has 1 heterocycles. The Morgan fingerprint density at radius 1 is 1.06 bits per heavy atom. The van der Waals surface area contributed by atoms with E-state index in [2.05, 4.69) is 67.7 Å². The summed E-state index contributed by atoms with van der Waals surface area (Å²) in [5, 5.41) is 3.70. The van der Waals surface area contributed by atoms with Crippen molar-refractivity contribution in [1.29, 1.82) is 0 Å². The van der Waals surface area contributed by atoms with Crippen LogP contribution < -0.4 is 5.32 Å². The molecule has 1 aliphatic heterocycles. The zero-order valence-corrected chi connectivity index (χ0v) is 11.0. The summed E-state index contributed by atoms with van der Waals surface area (Å²) in [5.74, 6) is 0.627. The van der Waals surface area contributed by atoms with Gasteiger partial charge in [-0.15, -0.1) is 0 Å². The quantitative estimate of drug-likeness (QED) is 0.778. The lowest BCUT2D eigenvalue weighted by Crippen LogP contribution is -2.26. The summed E-state index contributed by atoms with van der Waals surface area (Å²) in [7, 11) is 0. The Hall–Kier alpha value is -1.76. The second-order valence-electron chi connectivity index (χ2n) is 5.37. The van der Waals surface area contributed by atoms with Crippen LogP contribution in [0.4, 0.5) is 5.69 Å². The summed E-state index contributed by atoms with van der Waals surface area (Å²) in [4.78, 5) is 0. The van der Waals surface area contributed by atoms with Gasteiger partial charge in [0.2, 0.25) is 0 Å². The van der Waals surface area contributed by atoms with Crippen LogP contribution in [0.15, 0.2) is 48.5 Å². The summed E-state index contributed by atoms with van der Waals surface area (Å²) in [6.45, 7) is 4.48. The van der Waals surface area contributed by atoms with Crippen LogP contribution in [0.3, 0.4) is 0 Å². The first-order valence-corrected chi connectivity index (χ1v) is 6.65. The molecule has 2 unspecified atom stereocenters. The van der Waals surface area contributed by atoms with E-state index < -0.39 is 0 Å². The molecule has 2 atom stereocenters. The van der Waals surface area contributed by atoms with Crippen LogP contribution in [0.1, 0.15) is 29.7 Å². The van der Waals surface area contributed by atoms with Crippen molar-refractivity contribution in [2.75, 3.05) is 5.32 Å². The lowest BCUT2D eigenvalue weighted by Gasteiger charge is -2.33. The first-order valence-electron chi connectivity index (χ1n) is 6.65. The zero-order chi connectivity index (χ0) is 12.5. The summed E-state index contributed by atoms with van der Waals surface area (Å²) < 4.78 is 0. The second-order valence-corrected chi connectivity index (χ2v) is 5.37. The van der Waals surface area contributed by atoms with Gasteiger partial charge < -0.3 is 5.32 Å². The average Bonchev–Trinajstić information content (AvgIpc) is 2.39. The van der Waals surface area contributed by atoms with Crippen molar-refractivity contribution in [3.05, 3.63) is 65.2 Å². The van der Waals surface area contributed by atoms with Crippen LogP contribution in [-0.4, -0.2) is 0 Å². The van der Waals surface area contributed by atoms with Crippen LogP contribution in [0.25, 0.3) is 0 Å². The van der Waals surface area contributed by atoms with Crippen molar-refractivity contribution < 1.29 is 0 Å². The van der Waals surface area contributed by atoms with E-state index >= 15 is 0 Å². The number of rotatable bonds is 1. The molecular weight excluding hydrogens is 218 g/mol. The molecule has 18 heavy (non-hydrogen) atoms. The van der Waals surface area contributed by atoms with Gasteiger partial charge in [0.15, 0.2) is 0 Å². The molecule has 0 aromatic heterocycles. The number of hydrogen-bond donors (Lipinski definition) is 1. The molecule has 1 N–H and O–H groups in total. The Balaban J connectivity index is 1.96. The van der Waals surface area contributed by atoms with Crippen LogP contribution in [0, 0.1) is 12.8 Å².